The monoisotopic (exact) mass is 505 g/mol. The van der Waals surface area contributed by atoms with Gasteiger partial charge in [0.25, 0.3) is 5.56 Å². The first-order chi connectivity index (χ1) is 16.5. The summed E-state index contributed by atoms with van der Waals surface area (Å²) >= 11 is 6.15. The maximum Gasteiger partial charge on any atom is 0.573 e. The van der Waals surface area contributed by atoms with Crippen molar-refractivity contribution in [2.45, 2.75) is 25.7 Å². The zero-order chi connectivity index (χ0) is 25.5. The normalized spacial score (nSPS) is 18.4. The average Bonchev–Trinajstić information content (AvgIpc) is 2.80. The lowest BCUT2D eigenvalue weighted by Gasteiger charge is -2.43. The standard InChI is InChI=1S/C24H23ClF3N5O2/c1-14-13-33(22-17(12-29)23(34)32(3)19-8-9-20(25)30-21(19)22)11-10-18(14)31(2)15-4-6-16(7-5-15)35-24(26,27)28/h4-9,14,18H,10-11,13H2,1-3H3/t14-,18+/m0/s1. The molecule has 4 rings (SSSR count). The Bertz CT molecular complexity index is 1350. The molecule has 0 radical (unpaired) electrons. The third kappa shape index (κ3) is 4.86. The van der Waals surface area contributed by atoms with E-state index in [2.05, 4.69) is 16.6 Å². The number of fused-ring (bicyclic) bond motifs is 1. The van der Waals surface area contributed by atoms with Crippen LogP contribution in [0, 0.1) is 17.2 Å². The highest BCUT2D eigenvalue weighted by molar-refractivity contribution is 6.29. The summed E-state index contributed by atoms with van der Waals surface area (Å²) in [6.45, 7) is 3.17. The van der Waals surface area contributed by atoms with E-state index < -0.39 is 11.9 Å². The predicted octanol–water partition coefficient (Wildman–Crippen LogP) is 4.71. The van der Waals surface area contributed by atoms with E-state index in [4.69, 9.17) is 11.6 Å². The quantitative estimate of drug-likeness (QED) is 0.478. The van der Waals surface area contributed by atoms with Gasteiger partial charge in [0, 0.05) is 38.9 Å². The molecule has 1 fully saturated rings. The maximum atomic E-state index is 12.9. The first kappa shape index (κ1) is 24.7. The number of halogens is 4. The Balaban J connectivity index is 1.60. The summed E-state index contributed by atoms with van der Waals surface area (Å²) in [5, 5.41) is 10.1. The molecule has 35 heavy (non-hydrogen) atoms. The molecule has 0 amide bonds. The van der Waals surface area contributed by atoms with Crippen molar-refractivity contribution in [2.24, 2.45) is 13.0 Å². The van der Waals surface area contributed by atoms with E-state index in [1.165, 1.54) is 16.7 Å². The molecule has 11 heteroatoms. The first-order valence-corrected chi connectivity index (χ1v) is 11.3. The number of nitrogens with zero attached hydrogens (tertiary/aromatic N) is 5. The van der Waals surface area contributed by atoms with Gasteiger partial charge in [0.15, 0.2) is 0 Å². The third-order valence-electron chi connectivity index (χ3n) is 6.44. The van der Waals surface area contributed by atoms with Crippen molar-refractivity contribution in [3.63, 3.8) is 0 Å². The number of alkyl halides is 3. The molecule has 1 aromatic carbocycles. The fourth-order valence-corrected chi connectivity index (χ4v) is 4.91. The number of rotatable bonds is 4. The molecule has 0 unspecified atom stereocenters. The van der Waals surface area contributed by atoms with Crippen molar-refractivity contribution < 1.29 is 17.9 Å². The van der Waals surface area contributed by atoms with Crippen molar-refractivity contribution >= 4 is 34.0 Å². The molecule has 0 aliphatic carbocycles. The van der Waals surface area contributed by atoms with Gasteiger partial charge < -0.3 is 19.1 Å². The van der Waals surface area contributed by atoms with Gasteiger partial charge in [-0.15, -0.1) is 13.2 Å². The van der Waals surface area contributed by atoms with Crippen LogP contribution in [-0.2, 0) is 7.05 Å². The van der Waals surface area contributed by atoms with Crippen LogP contribution >= 0.6 is 11.6 Å². The van der Waals surface area contributed by atoms with E-state index in [-0.39, 0.29) is 28.4 Å². The zero-order valence-corrected chi connectivity index (χ0v) is 20.1. The van der Waals surface area contributed by atoms with E-state index in [1.807, 2.05) is 22.9 Å². The highest BCUT2D eigenvalue weighted by Crippen LogP contribution is 2.34. The third-order valence-corrected chi connectivity index (χ3v) is 6.65. The van der Waals surface area contributed by atoms with E-state index >= 15 is 0 Å². The Morgan fingerprint density at radius 2 is 1.91 bits per heavy atom. The SMILES string of the molecule is C[C@H]1CN(c2c(C#N)c(=O)n(C)c3ccc(Cl)nc23)CC[C@H]1N(C)c1ccc(OC(F)(F)F)cc1. The number of anilines is 2. The molecule has 3 heterocycles. The summed E-state index contributed by atoms with van der Waals surface area (Å²) in [5.41, 5.74) is 1.95. The van der Waals surface area contributed by atoms with E-state index in [0.717, 1.165) is 5.69 Å². The number of hydrogen-bond acceptors (Lipinski definition) is 6. The van der Waals surface area contributed by atoms with Crippen molar-refractivity contribution in [3.05, 3.63) is 57.5 Å². The molecular weight excluding hydrogens is 483 g/mol. The van der Waals surface area contributed by atoms with Crippen molar-refractivity contribution in [2.75, 3.05) is 29.9 Å². The summed E-state index contributed by atoms with van der Waals surface area (Å²) in [6, 6.07) is 11.2. The largest absolute Gasteiger partial charge is 0.573 e. The van der Waals surface area contributed by atoms with Crippen LogP contribution in [0.2, 0.25) is 5.15 Å². The average molecular weight is 506 g/mol. The van der Waals surface area contributed by atoms with Crippen molar-refractivity contribution in [1.29, 1.82) is 5.26 Å². The Kier molecular flexibility index (Phi) is 6.56. The van der Waals surface area contributed by atoms with Crippen LogP contribution in [0.4, 0.5) is 24.5 Å². The zero-order valence-electron chi connectivity index (χ0n) is 19.3. The number of hydrogen-bond donors (Lipinski definition) is 0. The minimum Gasteiger partial charge on any atom is -0.406 e. The van der Waals surface area contributed by atoms with Crippen molar-refractivity contribution in [1.82, 2.24) is 9.55 Å². The number of piperidine rings is 1. The van der Waals surface area contributed by atoms with Crippen LogP contribution in [0.5, 0.6) is 5.75 Å². The van der Waals surface area contributed by atoms with Gasteiger partial charge in [0.1, 0.15) is 28.1 Å². The molecule has 0 N–H and O–H groups in total. The molecule has 1 aliphatic heterocycles. The van der Waals surface area contributed by atoms with Gasteiger partial charge in [0.05, 0.1) is 11.2 Å². The van der Waals surface area contributed by atoms with Crippen LogP contribution in [0.15, 0.2) is 41.2 Å². The molecule has 7 nitrogen and oxygen atoms in total. The maximum absolute atomic E-state index is 12.9. The molecule has 0 saturated carbocycles. The number of aromatic nitrogens is 2. The van der Waals surface area contributed by atoms with Gasteiger partial charge in [-0.05, 0) is 48.7 Å². The second kappa shape index (κ2) is 9.30. The topological polar surface area (TPSA) is 74.4 Å². The van der Waals surface area contributed by atoms with Gasteiger partial charge in [0.2, 0.25) is 0 Å². The van der Waals surface area contributed by atoms with Crippen LogP contribution in [-0.4, -0.2) is 42.1 Å². The summed E-state index contributed by atoms with van der Waals surface area (Å²) in [6.07, 6.45) is -4.04. The number of pyridine rings is 2. The van der Waals surface area contributed by atoms with E-state index in [9.17, 15) is 23.2 Å². The Morgan fingerprint density at radius 3 is 2.51 bits per heavy atom. The summed E-state index contributed by atoms with van der Waals surface area (Å²) in [5.74, 6) is -0.171. The second-order valence-corrected chi connectivity index (χ2v) is 9.02. The lowest BCUT2D eigenvalue weighted by Crippen LogP contribution is -2.49. The fraction of sp³-hybridized carbons (Fsp3) is 0.375. The van der Waals surface area contributed by atoms with Crippen LogP contribution in [0.1, 0.15) is 18.9 Å². The van der Waals surface area contributed by atoms with Gasteiger partial charge >= 0.3 is 6.36 Å². The minimum atomic E-state index is -4.74. The fourth-order valence-electron chi connectivity index (χ4n) is 4.76. The lowest BCUT2D eigenvalue weighted by atomic mass is 9.91. The van der Waals surface area contributed by atoms with E-state index in [0.29, 0.717) is 36.2 Å². The summed E-state index contributed by atoms with van der Waals surface area (Å²) in [4.78, 5) is 21.3. The number of aryl methyl sites for hydroxylation is 1. The molecule has 0 bridgehead atoms. The Hall–Kier alpha value is -3.45. The molecule has 0 spiro atoms. The Morgan fingerprint density at radius 1 is 1.23 bits per heavy atom. The minimum absolute atomic E-state index is 0.0222. The van der Waals surface area contributed by atoms with Gasteiger partial charge in [-0.3, -0.25) is 4.79 Å². The number of nitriles is 1. The summed E-state index contributed by atoms with van der Waals surface area (Å²) in [7, 11) is 3.49. The number of ether oxygens (including phenoxy) is 1. The first-order valence-electron chi connectivity index (χ1n) is 10.9. The summed E-state index contributed by atoms with van der Waals surface area (Å²) < 4.78 is 42.7. The molecule has 3 aromatic rings. The lowest BCUT2D eigenvalue weighted by molar-refractivity contribution is -0.274. The van der Waals surface area contributed by atoms with Crippen LogP contribution in [0.3, 0.4) is 0 Å². The smallest absolute Gasteiger partial charge is 0.406 e. The molecule has 184 valence electrons. The van der Waals surface area contributed by atoms with Gasteiger partial charge in [-0.2, -0.15) is 5.26 Å². The predicted molar refractivity (Wildman–Crippen MR) is 128 cm³/mol. The Labute approximate surface area is 204 Å². The van der Waals surface area contributed by atoms with E-state index in [1.54, 1.807) is 31.3 Å². The molecule has 2 aromatic heterocycles. The molecule has 2 atom stereocenters. The molecule has 1 saturated heterocycles. The number of benzene rings is 1. The molecule has 1 aliphatic rings. The second-order valence-electron chi connectivity index (χ2n) is 8.63. The van der Waals surface area contributed by atoms with Gasteiger partial charge in [-0.25, -0.2) is 4.98 Å². The highest BCUT2D eigenvalue weighted by Gasteiger charge is 2.33. The van der Waals surface area contributed by atoms with Crippen LogP contribution in [0.25, 0.3) is 11.0 Å². The van der Waals surface area contributed by atoms with Crippen LogP contribution < -0.4 is 20.1 Å². The molecular formula is C24H23ClF3N5O2. The van der Waals surface area contributed by atoms with Crippen molar-refractivity contribution in [3.8, 4) is 11.8 Å². The highest BCUT2D eigenvalue weighted by atomic mass is 35.5. The van der Waals surface area contributed by atoms with Gasteiger partial charge in [-0.1, -0.05) is 18.5 Å².